The number of ether oxygens (including phenoxy) is 1. The molecule has 0 saturated carbocycles. The SMILES string of the molecule is C[C@@]1(O)C[C@@H]2CN(C(=O)CCC(=O)O)CC[C@@H]2OC[C@H]1n1cnc2c(N)ncnc21. The maximum absolute atomic E-state index is 12.4. The maximum Gasteiger partial charge on any atom is 0.303 e. The van der Waals surface area contributed by atoms with Gasteiger partial charge in [0.1, 0.15) is 11.8 Å². The molecule has 0 spiro atoms. The Labute approximate surface area is 172 Å². The Morgan fingerprint density at radius 2 is 2.13 bits per heavy atom. The minimum atomic E-state index is -1.14. The summed E-state index contributed by atoms with van der Waals surface area (Å²) in [4.78, 5) is 37.3. The molecular weight excluding hydrogens is 392 g/mol. The first-order valence-corrected chi connectivity index (χ1v) is 10.0. The number of nitrogens with zero attached hydrogens (tertiary/aromatic N) is 5. The number of carbonyl (C=O) groups excluding carboxylic acids is 1. The van der Waals surface area contributed by atoms with E-state index in [2.05, 4.69) is 15.0 Å². The Morgan fingerprint density at radius 1 is 1.33 bits per heavy atom. The molecule has 0 aromatic carbocycles. The summed E-state index contributed by atoms with van der Waals surface area (Å²) in [6, 6.07) is -0.432. The number of aromatic nitrogens is 4. The Balaban J connectivity index is 1.53. The predicted molar refractivity (Wildman–Crippen MR) is 105 cm³/mol. The molecule has 2 aromatic heterocycles. The van der Waals surface area contributed by atoms with Gasteiger partial charge in [-0.15, -0.1) is 0 Å². The highest BCUT2D eigenvalue weighted by Gasteiger charge is 2.45. The molecular formula is C19H26N6O5. The van der Waals surface area contributed by atoms with Crippen molar-refractivity contribution in [3.8, 4) is 0 Å². The van der Waals surface area contributed by atoms with Crippen LogP contribution in [0.25, 0.3) is 11.2 Å². The second kappa shape index (κ2) is 7.80. The van der Waals surface area contributed by atoms with E-state index in [1.54, 1.807) is 22.7 Å². The van der Waals surface area contributed by atoms with Crippen LogP contribution in [-0.4, -0.2) is 77.9 Å². The zero-order chi connectivity index (χ0) is 21.5. The van der Waals surface area contributed by atoms with Crippen LogP contribution in [0.5, 0.6) is 0 Å². The van der Waals surface area contributed by atoms with Crippen LogP contribution in [0.4, 0.5) is 5.82 Å². The van der Waals surface area contributed by atoms with Crippen molar-refractivity contribution in [3.05, 3.63) is 12.7 Å². The molecule has 0 aliphatic carbocycles. The van der Waals surface area contributed by atoms with Crippen LogP contribution in [0.1, 0.15) is 38.6 Å². The van der Waals surface area contributed by atoms with Crippen molar-refractivity contribution in [3.63, 3.8) is 0 Å². The molecule has 2 fully saturated rings. The third-order valence-corrected chi connectivity index (χ3v) is 6.15. The number of fused-ring (bicyclic) bond motifs is 2. The lowest BCUT2D eigenvalue weighted by Crippen LogP contribution is -2.48. The van der Waals surface area contributed by atoms with Gasteiger partial charge in [0.15, 0.2) is 11.5 Å². The molecule has 2 aromatic rings. The fourth-order valence-electron chi connectivity index (χ4n) is 4.56. The zero-order valence-corrected chi connectivity index (χ0v) is 16.8. The number of piperidine rings is 1. The third kappa shape index (κ3) is 3.82. The standard InChI is InChI=1S/C19H26N6O5/c1-19(29)6-11-7-24(14(26)2-3-15(27)28)5-4-12(11)30-8-13(19)25-10-23-16-17(20)21-9-22-18(16)25/h9-13,29H,2-8H2,1H3,(H,27,28)(H2,20,21,22)/t11-,12+,13-,19-/m1/s1. The van der Waals surface area contributed by atoms with Crippen LogP contribution >= 0.6 is 0 Å². The fraction of sp³-hybridized carbons (Fsp3) is 0.632. The van der Waals surface area contributed by atoms with Gasteiger partial charge in [0.05, 0.1) is 37.1 Å². The lowest BCUT2D eigenvalue weighted by molar-refractivity contribution is -0.142. The van der Waals surface area contributed by atoms with Gasteiger partial charge in [-0.1, -0.05) is 0 Å². The molecule has 2 aliphatic rings. The second-order valence-electron chi connectivity index (χ2n) is 8.31. The number of hydrogen-bond acceptors (Lipinski definition) is 8. The van der Waals surface area contributed by atoms with Crippen molar-refractivity contribution >= 4 is 28.9 Å². The van der Waals surface area contributed by atoms with E-state index in [0.717, 1.165) is 0 Å². The highest BCUT2D eigenvalue weighted by atomic mass is 16.5. The van der Waals surface area contributed by atoms with E-state index >= 15 is 0 Å². The quantitative estimate of drug-likeness (QED) is 0.631. The Hall–Kier alpha value is -2.79. The Kier molecular flexibility index (Phi) is 5.33. The molecule has 1 amide bonds. The molecule has 0 bridgehead atoms. The molecule has 4 heterocycles. The smallest absolute Gasteiger partial charge is 0.303 e. The summed E-state index contributed by atoms with van der Waals surface area (Å²) in [6.45, 7) is 2.98. The number of carboxylic acid groups (broad SMARTS) is 1. The summed E-state index contributed by atoms with van der Waals surface area (Å²) in [5.41, 5.74) is 5.76. The van der Waals surface area contributed by atoms with E-state index in [4.69, 9.17) is 15.6 Å². The minimum Gasteiger partial charge on any atom is -0.481 e. The van der Waals surface area contributed by atoms with Gasteiger partial charge in [-0.25, -0.2) is 15.0 Å². The number of likely N-dealkylation sites (tertiary alicyclic amines) is 1. The van der Waals surface area contributed by atoms with E-state index in [-0.39, 0.29) is 43.2 Å². The fourth-order valence-corrected chi connectivity index (χ4v) is 4.56. The van der Waals surface area contributed by atoms with Gasteiger partial charge < -0.3 is 30.2 Å². The summed E-state index contributed by atoms with van der Waals surface area (Å²) in [5, 5.41) is 20.2. The second-order valence-corrected chi connectivity index (χ2v) is 8.31. The number of imidazole rings is 1. The van der Waals surface area contributed by atoms with Crippen LogP contribution in [0, 0.1) is 5.92 Å². The average Bonchev–Trinajstić information content (AvgIpc) is 3.06. The van der Waals surface area contributed by atoms with E-state index in [1.807, 2.05) is 0 Å². The number of anilines is 1. The highest BCUT2D eigenvalue weighted by molar-refractivity contribution is 5.81. The van der Waals surface area contributed by atoms with Gasteiger partial charge in [-0.3, -0.25) is 9.59 Å². The summed E-state index contributed by atoms with van der Waals surface area (Å²) in [7, 11) is 0. The van der Waals surface area contributed by atoms with Gasteiger partial charge in [-0.05, 0) is 19.8 Å². The first-order valence-electron chi connectivity index (χ1n) is 10.0. The molecule has 30 heavy (non-hydrogen) atoms. The molecule has 4 rings (SSSR count). The first-order chi connectivity index (χ1) is 14.3. The number of hydrogen-bond donors (Lipinski definition) is 3. The lowest BCUT2D eigenvalue weighted by Gasteiger charge is -2.39. The summed E-state index contributed by atoms with van der Waals surface area (Å²) < 4.78 is 7.95. The number of rotatable bonds is 4. The van der Waals surface area contributed by atoms with Gasteiger partial charge in [-0.2, -0.15) is 0 Å². The van der Waals surface area contributed by atoms with Crippen LogP contribution in [0.2, 0.25) is 0 Å². The Morgan fingerprint density at radius 3 is 2.90 bits per heavy atom. The number of nitrogen functional groups attached to an aromatic ring is 1. The van der Waals surface area contributed by atoms with E-state index < -0.39 is 17.6 Å². The molecule has 4 N–H and O–H groups in total. The number of aliphatic hydroxyl groups is 1. The van der Waals surface area contributed by atoms with Crippen LogP contribution in [0.3, 0.4) is 0 Å². The van der Waals surface area contributed by atoms with Crippen LogP contribution in [0.15, 0.2) is 12.7 Å². The van der Waals surface area contributed by atoms with Gasteiger partial charge in [0, 0.05) is 25.4 Å². The molecule has 2 aliphatic heterocycles. The molecule has 11 heteroatoms. The molecule has 11 nitrogen and oxygen atoms in total. The first kappa shape index (κ1) is 20.5. The number of amides is 1. The number of nitrogens with two attached hydrogens (primary N) is 1. The third-order valence-electron chi connectivity index (χ3n) is 6.15. The average molecular weight is 418 g/mol. The molecule has 0 unspecified atom stereocenters. The van der Waals surface area contributed by atoms with Crippen LogP contribution in [-0.2, 0) is 14.3 Å². The molecule has 2 saturated heterocycles. The van der Waals surface area contributed by atoms with Crippen LogP contribution < -0.4 is 5.73 Å². The summed E-state index contributed by atoms with van der Waals surface area (Å²) in [6.07, 6.45) is 3.74. The molecule has 4 atom stereocenters. The number of carboxylic acids is 1. The van der Waals surface area contributed by atoms with Crippen molar-refractivity contribution in [2.45, 2.75) is 50.4 Å². The summed E-state index contributed by atoms with van der Waals surface area (Å²) in [5.74, 6) is -0.943. The Bertz CT molecular complexity index is 960. The van der Waals surface area contributed by atoms with E-state index in [9.17, 15) is 14.7 Å². The van der Waals surface area contributed by atoms with Crippen molar-refractivity contribution in [1.82, 2.24) is 24.4 Å². The topological polar surface area (TPSA) is 157 Å². The normalized spacial score (nSPS) is 29.4. The highest BCUT2D eigenvalue weighted by Crippen LogP contribution is 2.39. The summed E-state index contributed by atoms with van der Waals surface area (Å²) >= 11 is 0. The van der Waals surface area contributed by atoms with Crippen molar-refractivity contribution < 1.29 is 24.5 Å². The molecule has 162 valence electrons. The van der Waals surface area contributed by atoms with Gasteiger partial charge in [0.2, 0.25) is 5.91 Å². The van der Waals surface area contributed by atoms with E-state index in [1.165, 1.54) is 6.33 Å². The molecule has 0 radical (unpaired) electrons. The van der Waals surface area contributed by atoms with Crippen molar-refractivity contribution in [2.24, 2.45) is 5.92 Å². The largest absolute Gasteiger partial charge is 0.481 e. The maximum atomic E-state index is 12.4. The minimum absolute atomic E-state index is 0.0191. The van der Waals surface area contributed by atoms with Crippen molar-refractivity contribution in [2.75, 3.05) is 25.4 Å². The van der Waals surface area contributed by atoms with Gasteiger partial charge >= 0.3 is 5.97 Å². The monoisotopic (exact) mass is 418 g/mol. The zero-order valence-electron chi connectivity index (χ0n) is 16.8. The predicted octanol–water partition coefficient (Wildman–Crippen LogP) is 0.203. The lowest BCUT2D eigenvalue weighted by atomic mass is 9.82. The number of carbonyl (C=O) groups is 2. The van der Waals surface area contributed by atoms with Gasteiger partial charge in [0.25, 0.3) is 0 Å². The van der Waals surface area contributed by atoms with Crippen molar-refractivity contribution in [1.29, 1.82) is 0 Å². The number of aliphatic carboxylic acids is 1. The van der Waals surface area contributed by atoms with E-state index in [0.29, 0.717) is 37.1 Å².